The van der Waals surface area contributed by atoms with E-state index in [1.165, 1.54) is 167 Å². The number of amides is 1. The molecule has 466 valence electrons. The van der Waals surface area contributed by atoms with Crippen LogP contribution in [0.3, 0.4) is 0 Å². The van der Waals surface area contributed by atoms with E-state index in [1.807, 2.05) is 6.08 Å². The van der Waals surface area contributed by atoms with Gasteiger partial charge in [0.15, 0.2) is 12.4 Å². The lowest BCUT2D eigenvalue weighted by Gasteiger charge is -2.41. The molecule has 0 aromatic carbocycles. The number of aliphatic hydroxyl groups excluding tert-OH is 5. The molecular formula is C69H125NO10. The molecule has 1 aliphatic rings. The van der Waals surface area contributed by atoms with Gasteiger partial charge < -0.3 is 45.1 Å². The van der Waals surface area contributed by atoms with E-state index in [9.17, 15) is 35.1 Å². The lowest BCUT2D eigenvalue weighted by atomic mass is 9.99. The first-order valence-electron chi connectivity index (χ1n) is 33.6. The summed E-state index contributed by atoms with van der Waals surface area (Å²) in [6.07, 6.45) is 61.1. The zero-order chi connectivity index (χ0) is 58.2. The highest BCUT2D eigenvalue weighted by molar-refractivity contribution is 5.80. The molecule has 1 saturated heterocycles. The second-order valence-corrected chi connectivity index (χ2v) is 23.2. The maximum absolute atomic E-state index is 13.5. The van der Waals surface area contributed by atoms with E-state index < -0.39 is 67.4 Å². The maximum Gasteiger partial charge on any atom is 0.306 e. The number of nitrogens with one attached hydrogen (secondary N) is 1. The van der Waals surface area contributed by atoms with Crippen molar-refractivity contribution in [3.05, 3.63) is 60.8 Å². The fourth-order valence-corrected chi connectivity index (χ4v) is 10.3. The number of aliphatic hydroxyl groups is 5. The smallest absolute Gasteiger partial charge is 0.306 e. The molecule has 0 spiro atoms. The first kappa shape index (κ1) is 75.4. The third-order valence-electron chi connectivity index (χ3n) is 15.6. The first-order chi connectivity index (χ1) is 39.2. The summed E-state index contributed by atoms with van der Waals surface area (Å²) in [7, 11) is 0. The highest BCUT2D eigenvalue weighted by Gasteiger charge is 2.47. The van der Waals surface area contributed by atoms with Crippen molar-refractivity contribution in [1.29, 1.82) is 0 Å². The van der Waals surface area contributed by atoms with Crippen LogP contribution in [0, 0.1) is 0 Å². The summed E-state index contributed by atoms with van der Waals surface area (Å²) in [5.41, 5.74) is 0. The van der Waals surface area contributed by atoms with Crippen molar-refractivity contribution in [3.63, 3.8) is 0 Å². The van der Waals surface area contributed by atoms with Crippen LogP contribution in [0.15, 0.2) is 60.8 Å². The standard InChI is InChI=1S/C69H125NO10/c1-4-7-10-13-16-19-22-25-27-29-30-31-32-33-35-36-38-41-44-47-50-53-56-62(73)68(77)70-60(61(72)55-52-49-46-43-40-24-21-18-15-12-9-6-3)59-78-69-67(66(76)65(75)63(58-71)79-69)80-64(74)57-54-51-48-45-42-39-37-34-28-26-23-20-17-14-11-8-5-2/h16,19,25-28,30-31,52,55,60-63,65-67,69,71-73,75-76H,4-15,17-18,20-24,29,32-51,53-54,56-59H2,1-3H3,(H,70,77)/b19-16-,27-25-,28-26+,31-30-,55-52+. The Hall–Kier alpha value is -2.64. The predicted octanol–water partition coefficient (Wildman–Crippen LogP) is 16.6. The van der Waals surface area contributed by atoms with Gasteiger partial charge in [0, 0.05) is 6.42 Å². The monoisotopic (exact) mass is 1130 g/mol. The SMILES string of the molecule is CCCCC/C=C\C/C=C\C/C=C\CCCCCCCCCCCC(O)C(=O)NC(COC1OC(CO)C(O)C(O)C1OC(=O)CCCCCCCCC/C=C/CCCCCCCC)C(O)/C=C/CCCCCCCCCCCC. The van der Waals surface area contributed by atoms with Crippen molar-refractivity contribution in [2.45, 2.75) is 352 Å². The minimum absolute atomic E-state index is 0.118. The maximum atomic E-state index is 13.5. The number of hydrogen-bond donors (Lipinski definition) is 6. The van der Waals surface area contributed by atoms with Gasteiger partial charge in [0.25, 0.3) is 0 Å². The largest absolute Gasteiger partial charge is 0.454 e. The van der Waals surface area contributed by atoms with Crippen LogP contribution in [0.2, 0.25) is 0 Å². The van der Waals surface area contributed by atoms with Crippen LogP contribution in [0.4, 0.5) is 0 Å². The summed E-state index contributed by atoms with van der Waals surface area (Å²) < 4.78 is 17.7. The van der Waals surface area contributed by atoms with E-state index in [0.29, 0.717) is 12.8 Å². The van der Waals surface area contributed by atoms with Gasteiger partial charge in [-0.15, -0.1) is 0 Å². The molecule has 0 aromatic rings. The molecule has 80 heavy (non-hydrogen) atoms. The van der Waals surface area contributed by atoms with E-state index in [0.717, 1.165) is 89.9 Å². The zero-order valence-electron chi connectivity index (χ0n) is 51.7. The van der Waals surface area contributed by atoms with E-state index in [2.05, 4.69) is 74.7 Å². The molecule has 1 rings (SSSR count). The number of hydrogen-bond acceptors (Lipinski definition) is 10. The minimum Gasteiger partial charge on any atom is -0.454 e. The quantitative estimate of drug-likeness (QED) is 0.0195. The number of carbonyl (C=O) groups excluding carboxylic acids is 2. The van der Waals surface area contributed by atoms with Crippen LogP contribution in [0.25, 0.3) is 0 Å². The van der Waals surface area contributed by atoms with Gasteiger partial charge in [0.1, 0.15) is 24.4 Å². The fraction of sp³-hybridized carbons (Fsp3) is 0.826. The molecule has 1 heterocycles. The van der Waals surface area contributed by atoms with Gasteiger partial charge >= 0.3 is 5.97 Å². The zero-order valence-corrected chi connectivity index (χ0v) is 51.7. The Labute approximate surface area is 490 Å². The van der Waals surface area contributed by atoms with Crippen molar-refractivity contribution in [1.82, 2.24) is 5.32 Å². The van der Waals surface area contributed by atoms with Crippen LogP contribution in [0.5, 0.6) is 0 Å². The van der Waals surface area contributed by atoms with Gasteiger partial charge in [0.05, 0.1) is 25.4 Å². The number of esters is 1. The summed E-state index contributed by atoms with van der Waals surface area (Å²) in [4.78, 5) is 26.6. The van der Waals surface area contributed by atoms with Crippen LogP contribution < -0.4 is 5.32 Å². The van der Waals surface area contributed by atoms with Gasteiger partial charge in [0.2, 0.25) is 5.91 Å². The number of rotatable bonds is 57. The Morgan fingerprint density at radius 2 is 0.863 bits per heavy atom. The molecule has 6 N–H and O–H groups in total. The van der Waals surface area contributed by atoms with E-state index in [4.69, 9.17) is 14.2 Å². The lowest BCUT2D eigenvalue weighted by Crippen LogP contribution is -2.61. The molecule has 0 aliphatic carbocycles. The van der Waals surface area contributed by atoms with Crippen molar-refractivity contribution >= 4 is 11.9 Å². The first-order valence-corrected chi connectivity index (χ1v) is 33.6. The molecule has 8 unspecified atom stereocenters. The molecule has 1 aliphatic heterocycles. The van der Waals surface area contributed by atoms with Crippen LogP contribution in [-0.4, -0.2) is 99.6 Å². The molecule has 0 radical (unpaired) electrons. The third-order valence-corrected chi connectivity index (χ3v) is 15.6. The van der Waals surface area contributed by atoms with E-state index in [1.54, 1.807) is 6.08 Å². The van der Waals surface area contributed by atoms with Crippen LogP contribution >= 0.6 is 0 Å². The summed E-state index contributed by atoms with van der Waals surface area (Å²) in [6, 6.07) is -1.03. The van der Waals surface area contributed by atoms with Crippen LogP contribution in [0.1, 0.15) is 303 Å². The average molecular weight is 1130 g/mol. The number of ether oxygens (including phenoxy) is 3. The molecule has 1 fully saturated rings. The predicted molar refractivity (Wildman–Crippen MR) is 333 cm³/mol. The van der Waals surface area contributed by atoms with Crippen molar-refractivity contribution in [2.24, 2.45) is 0 Å². The Bertz CT molecular complexity index is 1530. The molecule has 11 nitrogen and oxygen atoms in total. The van der Waals surface area contributed by atoms with Gasteiger partial charge in [-0.05, 0) is 89.9 Å². The second kappa shape index (κ2) is 56.8. The Kier molecular flexibility index (Phi) is 53.5. The molecule has 0 aromatic heterocycles. The van der Waals surface area contributed by atoms with Gasteiger partial charge in [-0.1, -0.05) is 268 Å². The Morgan fingerprint density at radius 1 is 0.487 bits per heavy atom. The Balaban J connectivity index is 2.63. The second-order valence-electron chi connectivity index (χ2n) is 23.2. The van der Waals surface area contributed by atoms with Crippen molar-refractivity contribution in [2.75, 3.05) is 13.2 Å². The normalized spacial score (nSPS) is 19.1. The summed E-state index contributed by atoms with van der Waals surface area (Å²) in [6.45, 7) is 5.77. The van der Waals surface area contributed by atoms with Gasteiger partial charge in [-0.2, -0.15) is 0 Å². The molecule has 0 bridgehead atoms. The van der Waals surface area contributed by atoms with Crippen molar-refractivity contribution < 1.29 is 49.3 Å². The number of carbonyl (C=O) groups is 2. The number of allylic oxidation sites excluding steroid dienone is 9. The van der Waals surface area contributed by atoms with E-state index in [-0.39, 0.29) is 19.4 Å². The Morgan fingerprint density at radius 3 is 1.32 bits per heavy atom. The highest BCUT2D eigenvalue weighted by atomic mass is 16.7. The average Bonchev–Trinajstić information content (AvgIpc) is 3.48. The fourth-order valence-electron chi connectivity index (χ4n) is 10.3. The highest BCUT2D eigenvalue weighted by Crippen LogP contribution is 2.26. The molecule has 0 saturated carbocycles. The summed E-state index contributed by atoms with van der Waals surface area (Å²) in [5, 5.41) is 57.1. The molecular weight excluding hydrogens is 1000 g/mol. The third kappa shape index (κ3) is 44.0. The van der Waals surface area contributed by atoms with Gasteiger partial charge in [-0.25, -0.2) is 0 Å². The van der Waals surface area contributed by atoms with Crippen LogP contribution in [-0.2, 0) is 23.8 Å². The number of unbranched alkanes of at least 4 members (excludes halogenated alkanes) is 35. The molecule has 1 amide bonds. The molecule has 11 heteroatoms. The molecule has 8 atom stereocenters. The van der Waals surface area contributed by atoms with Gasteiger partial charge in [-0.3, -0.25) is 9.59 Å². The summed E-state index contributed by atoms with van der Waals surface area (Å²) >= 11 is 0. The topological polar surface area (TPSA) is 175 Å². The lowest BCUT2D eigenvalue weighted by molar-refractivity contribution is -0.305. The van der Waals surface area contributed by atoms with E-state index >= 15 is 0 Å². The minimum atomic E-state index is -1.62. The summed E-state index contributed by atoms with van der Waals surface area (Å²) in [5.74, 6) is -1.20. The van der Waals surface area contributed by atoms with Crippen molar-refractivity contribution in [3.8, 4) is 0 Å².